The Morgan fingerprint density at radius 3 is 2.24 bits per heavy atom. The zero-order chi connectivity index (χ0) is 24.6. The van der Waals surface area contributed by atoms with E-state index in [0.717, 1.165) is 11.1 Å². The lowest BCUT2D eigenvalue weighted by Crippen LogP contribution is -2.42. The molecule has 2 N–H and O–H groups in total. The minimum Gasteiger partial charge on any atom is -0.352 e. The summed E-state index contributed by atoms with van der Waals surface area (Å²) < 4.78 is 26.7. The Bertz CT molecular complexity index is 1090. The summed E-state index contributed by atoms with van der Waals surface area (Å²) in [4.78, 5) is 26.8. The van der Waals surface area contributed by atoms with E-state index in [2.05, 4.69) is 10.0 Å². The molecule has 34 heavy (non-hydrogen) atoms. The summed E-state index contributed by atoms with van der Waals surface area (Å²) in [7, 11) is -3.37. The predicted molar refractivity (Wildman–Crippen MR) is 134 cm³/mol. The number of nitrogens with zero attached hydrogens (tertiary/aromatic N) is 1. The molecule has 0 spiro atoms. The van der Waals surface area contributed by atoms with Gasteiger partial charge in [0.2, 0.25) is 21.8 Å². The van der Waals surface area contributed by atoms with Crippen molar-refractivity contribution in [3.05, 3.63) is 77.4 Å². The molecule has 3 rings (SSSR count). The number of rotatable bonds is 9. The number of likely N-dealkylation sites (tertiary alicyclic amines) is 1. The van der Waals surface area contributed by atoms with Crippen molar-refractivity contribution in [1.29, 1.82) is 0 Å². The van der Waals surface area contributed by atoms with Gasteiger partial charge in [0.05, 0.1) is 5.75 Å². The van der Waals surface area contributed by atoms with Gasteiger partial charge in [-0.15, -0.1) is 0 Å². The number of carbonyl (C=O) groups excluding carboxylic acids is 2. The van der Waals surface area contributed by atoms with Crippen molar-refractivity contribution >= 4 is 27.9 Å². The molecule has 1 aliphatic rings. The minimum absolute atomic E-state index is 0.0142. The second-order valence-electron chi connectivity index (χ2n) is 8.91. The van der Waals surface area contributed by atoms with Crippen LogP contribution >= 0.6 is 0 Å². The lowest BCUT2D eigenvalue weighted by Gasteiger charge is -2.30. The van der Waals surface area contributed by atoms with Gasteiger partial charge in [0, 0.05) is 37.7 Å². The van der Waals surface area contributed by atoms with Gasteiger partial charge in [-0.1, -0.05) is 54.6 Å². The maximum Gasteiger partial charge on any atom is 0.246 e. The third-order valence-corrected chi connectivity index (χ3v) is 7.20. The van der Waals surface area contributed by atoms with Gasteiger partial charge in [-0.25, -0.2) is 13.1 Å². The zero-order valence-electron chi connectivity index (χ0n) is 19.7. The molecule has 0 bridgehead atoms. The summed E-state index contributed by atoms with van der Waals surface area (Å²) in [5.41, 5.74) is 2.58. The van der Waals surface area contributed by atoms with Crippen LogP contribution in [0.4, 0.5) is 0 Å². The Hall–Kier alpha value is -2.97. The van der Waals surface area contributed by atoms with Gasteiger partial charge >= 0.3 is 0 Å². The van der Waals surface area contributed by atoms with E-state index in [1.165, 1.54) is 0 Å². The number of amides is 2. The number of benzene rings is 2. The monoisotopic (exact) mass is 483 g/mol. The van der Waals surface area contributed by atoms with Crippen LogP contribution in [0.15, 0.2) is 60.7 Å². The van der Waals surface area contributed by atoms with E-state index in [4.69, 9.17) is 0 Å². The third kappa shape index (κ3) is 8.11. The Kier molecular flexibility index (Phi) is 9.01. The first-order chi connectivity index (χ1) is 16.2. The van der Waals surface area contributed by atoms with Crippen molar-refractivity contribution in [2.24, 2.45) is 5.92 Å². The molecule has 182 valence electrons. The van der Waals surface area contributed by atoms with Gasteiger partial charge in [0.1, 0.15) is 0 Å². The second-order valence-corrected chi connectivity index (χ2v) is 10.7. The lowest BCUT2D eigenvalue weighted by molar-refractivity contribution is -0.132. The van der Waals surface area contributed by atoms with E-state index >= 15 is 0 Å². The van der Waals surface area contributed by atoms with Crippen molar-refractivity contribution < 1.29 is 18.0 Å². The normalized spacial score (nSPS) is 15.1. The summed E-state index contributed by atoms with van der Waals surface area (Å²) in [5.74, 6) is -0.239. The standard InChI is InChI=1S/C26H33N3O4S/c1-20(2)28-34(32,33)19-23-10-8-22(9-11-23)18-27-26(31)24-14-16-29(17-15-24)25(30)13-12-21-6-4-3-5-7-21/h3-13,20,24,28H,14-19H2,1-2H3,(H,27,31)/b13-12+. The Balaban J connectivity index is 1.42. The Morgan fingerprint density at radius 1 is 1.00 bits per heavy atom. The number of piperidine rings is 1. The fraction of sp³-hybridized carbons (Fsp3) is 0.385. The van der Waals surface area contributed by atoms with Crippen LogP contribution in [0.25, 0.3) is 6.08 Å². The van der Waals surface area contributed by atoms with E-state index in [1.54, 1.807) is 37.0 Å². The van der Waals surface area contributed by atoms with Crippen molar-refractivity contribution in [2.75, 3.05) is 13.1 Å². The number of carbonyl (C=O) groups is 2. The molecule has 0 saturated carbocycles. The Morgan fingerprint density at radius 2 is 1.62 bits per heavy atom. The second kappa shape index (κ2) is 11.9. The molecule has 1 fully saturated rings. The molecule has 0 atom stereocenters. The Labute approximate surface area is 202 Å². The lowest BCUT2D eigenvalue weighted by atomic mass is 9.95. The topological polar surface area (TPSA) is 95.6 Å². The zero-order valence-corrected chi connectivity index (χ0v) is 20.6. The highest BCUT2D eigenvalue weighted by Crippen LogP contribution is 2.18. The first-order valence-corrected chi connectivity index (χ1v) is 13.2. The summed E-state index contributed by atoms with van der Waals surface area (Å²) in [6.45, 7) is 5.07. The van der Waals surface area contributed by atoms with E-state index in [0.29, 0.717) is 38.0 Å². The molecule has 2 amide bonds. The predicted octanol–water partition coefficient (Wildman–Crippen LogP) is 3.08. The maximum atomic E-state index is 12.6. The number of sulfonamides is 1. The molecule has 0 aromatic heterocycles. The molecule has 0 unspecified atom stereocenters. The molecule has 2 aromatic rings. The minimum atomic E-state index is -3.37. The van der Waals surface area contributed by atoms with Gasteiger partial charge in [-0.2, -0.15) is 0 Å². The fourth-order valence-corrected chi connectivity index (χ4v) is 5.34. The quantitative estimate of drug-likeness (QED) is 0.536. The first-order valence-electron chi connectivity index (χ1n) is 11.6. The molecule has 1 aliphatic heterocycles. The van der Waals surface area contributed by atoms with Gasteiger partial charge in [0.25, 0.3) is 0 Å². The highest BCUT2D eigenvalue weighted by Gasteiger charge is 2.26. The van der Waals surface area contributed by atoms with E-state index < -0.39 is 10.0 Å². The largest absolute Gasteiger partial charge is 0.352 e. The molecular formula is C26H33N3O4S. The van der Waals surface area contributed by atoms with Crippen molar-refractivity contribution in [3.8, 4) is 0 Å². The van der Waals surface area contributed by atoms with Gasteiger partial charge < -0.3 is 10.2 Å². The third-order valence-electron chi connectivity index (χ3n) is 5.66. The summed E-state index contributed by atoms with van der Waals surface area (Å²) >= 11 is 0. The molecule has 0 radical (unpaired) electrons. The van der Waals surface area contributed by atoms with Crippen molar-refractivity contribution in [1.82, 2.24) is 14.9 Å². The fourth-order valence-electron chi connectivity index (χ4n) is 3.91. The molecule has 1 heterocycles. The van der Waals surface area contributed by atoms with Crippen LogP contribution in [0, 0.1) is 5.92 Å². The van der Waals surface area contributed by atoms with Crippen LogP contribution < -0.4 is 10.0 Å². The summed E-state index contributed by atoms with van der Waals surface area (Å²) in [6, 6.07) is 16.7. The van der Waals surface area contributed by atoms with Crippen LogP contribution in [0.3, 0.4) is 0 Å². The van der Waals surface area contributed by atoms with Crippen molar-refractivity contribution in [3.63, 3.8) is 0 Å². The highest BCUT2D eigenvalue weighted by molar-refractivity contribution is 7.88. The molecular weight excluding hydrogens is 450 g/mol. The van der Waals surface area contributed by atoms with Gasteiger partial charge in [-0.05, 0) is 49.5 Å². The number of hydrogen-bond donors (Lipinski definition) is 2. The molecule has 7 nitrogen and oxygen atoms in total. The van der Waals surface area contributed by atoms with Gasteiger partial charge in [-0.3, -0.25) is 9.59 Å². The van der Waals surface area contributed by atoms with Gasteiger partial charge in [0.15, 0.2) is 0 Å². The molecule has 8 heteroatoms. The summed E-state index contributed by atoms with van der Waals surface area (Å²) in [5, 5.41) is 2.97. The average Bonchev–Trinajstić information content (AvgIpc) is 2.81. The molecule has 1 saturated heterocycles. The summed E-state index contributed by atoms with van der Waals surface area (Å²) in [6.07, 6.45) is 4.67. The molecule has 0 aliphatic carbocycles. The average molecular weight is 484 g/mol. The van der Waals surface area contributed by atoms with Crippen LogP contribution in [0.5, 0.6) is 0 Å². The van der Waals surface area contributed by atoms with Crippen LogP contribution in [-0.4, -0.2) is 44.3 Å². The maximum absolute atomic E-state index is 12.6. The smallest absolute Gasteiger partial charge is 0.246 e. The highest BCUT2D eigenvalue weighted by atomic mass is 32.2. The number of hydrogen-bond acceptors (Lipinski definition) is 4. The number of nitrogens with one attached hydrogen (secondary N) is 2. The van der Waals surface area contributed by atoms with Crippen LogP contribution in [0.2, 0.25) is 0 Å². The van der Waals surface area contributed by atoms with E-state index in [-0.39, 0.29) is 29.5 Å². The molecule has 2 aromatic carbocycles. The van der Waals surface area contributed by atoms with E-state index in [9.17, 15) is 18.0 Å². The van der Waals surface area contributed by atoms with Crippen LogP contribution in [0.1, 0.15) is 43.4 Å². The SMILES string of the molecule is CC(C)NS(=O)(=O)Cc1ccc(CNC(=O)C2CCN(C(=O)/C=C/c3ccccc3)CC2)cc1. The van der Waals surface area contributed by atoms with E-state index in [1.807, 2.05) is 48.5 Å². The van der Waals surface area contributed by atoms with Crippen LogP contribution in [-0.2, 0) is 31.9 Å². The van der Waals surface area contributed by atoms with Crippen molar-refractivity contribution in [2.45, 2.75) is 45.0 Å². The first kappa shape index (κ1) is 25.6.